The van der Waals surface area contributed by atoms with Crippen LogP contribution in [0.4, 0.5) is 48.3 Å². The Morgan fingerprint density at radius 3 is 1.52 bits per heavy atom. The van der Waals surface area contributed by atoms with Crippen molar-refractivity contribution in [1.82, 2.24) is 0 Å². The predicted molar refractivity (Wildman–Crippen MR) is 97.5 cm³/mol. The van der Waals surface area contributed by atoms with Gasteiger partial charge in [-0.2, -0.15) is 48.3 Å². The highest BCUT2D eigenvalue weighted by molar-refractivity contribution is 5.87. The van der Waals surface area contributed by atoms with Crippen molar-refractivity contribution in [2.45, 2.75) is 108 Å². The number of allylic oxidation sites excluding steroid dienone is 1. The molecule has 0 rings (SSSR count). The van der Waals surface area contributed by atoms with Gasteiger partial charge in [0, 0.05) is 5.57 Å². The number of esters is 1. The summed E-state index contributed by atoms with van der Waals surface area (Å²) in [6, 6.07) is 0. The number of carbonyl (C=O) groups excluding carboxylic acids is 1. The summed E-state index contributed by atoms with van der Waals surface area (Å²) >= 11 is 0. The van der Waals surface area contributed by atoms with E-state index in [1.807, 2.05) is 0 Å². The molecule has 0 aromatic heterocycles. The molecule has 13 heteroatoms. The van der Waals surface area contributed by atoms with Gasteiger partial charge in [0.2, 0.25) is 0 Å². The SMILES string of the molecule is CCCCCCCCCCCC=C(C)C(=O)OC(F)(F)C(F)(F)C(F)(F)C(F)(F)C(F)(F)F. The maximum Gasteiger partial charge on any atom is 0.473 e. The van der Waals surface area contributed by atoms with Crippen molar-refractivity contribution in [3.63, 3.8) is 0 Å². The summed E-state index contributed by atoms with van der Waals surface area (Å²) in [5.74, 6) is -24.8. The van der Waals surface area contributed by atoms with Crippen LogP contribution in [0.25, 0.3) is 0 Å². The van der Waals surface area contributed by atoms with E-state index in [2.05, 4.69) is 11.7 Å². The second kappa shape index (κ2) is 12.2. The molecule has 0 N–H and O–H groups in total. The van der Waals surface area contributed by atoms with Crippen molar-refractivity contribution in [1.29, 1.82) is 0 Å². The highest BCUT2D eigenvalue weighted by Crippen LogP contribution is 2.57. The van der Waals surface area contributed by atoms with Crippen LogP contribution >= 0.6 is 0 Å². The number of ether oxygens (including phenoxy) is 1. The smallest absolute Gasteiger partial charge is 0.393 e. The Morgan fingerprint density at radius 1 is 0.667 bits per heavy atom. The molecular weight excluding hydrogens is 481 g/mol. The maximum absolute atomic E-state index is 13.5. The summed E-state index contributed by atoms with van der Waals surface area (Å²) in [4.78, 5) is 11.5. The lowest BCUT2D eigenvalue weighted by Crippen LogP contribution is -2.67. The fraction of sp³-hybridized carbons (Fsp3) is 0.850. The minimum atomic E-state index is -7.61. The molecule has 0 aromatic carbocycles. The Labute approximate surface area is 184 Å². The molecule has 0 spiro atoms. The van der Waals surface area contributed by atoms with Gasteiger partial charge < -0.3 is 4.74 Å². The van der Waals surface area contributed by atoms with Gasteiger partial charge in [-0.15, -0.1) is 0 Å². The van der Waals surface area contributed by atoms with E-state index in [0.29, 0.717) is 12.8 Å². The van der Waals surface area contributed by atoms with Gasteiger partial charge in [-0.05, 0) is 19.8 Å². The van der Waals surface area contributed by atoms with E-state index < -0.39 is 41.6 Å². The van der Waals surface area contributed by atoms with Gasteiger partial charge in [-0.25, -0.2) is 4.79 Å². The number of rotatable bonds is 15. The van der Waals surface area contributed by atoms with Gasteiger partial charge in [-0.3, -0.25) is 0 Å². The van der Waals surface area contributed by atoms with Gasteiger partial charge >= 0.3 is 36.0 Å². The summed E-state index contributed by atoms with van der Waals surface area (Å²) in [5.41, 5.74) is -0.726. The Hall–Kier alpha value is -1.56. The van der Waals surface area contributed by atoms with Crippen molar-refractivity contribution in [2.24, 2.45) is 0 Å². The average molecular weight is 508 g/mol. The minimum Gasteiger partial charge on any atom is -0.393 e. The third kappa shape index (κ3) is 8.01. The normalized spacial score (nSPS) is 14.5. The van der Waals surface area contributed by atoms with Gasteiger partial charge in [-0.1, -0.05) is 64.4 Å². The second-order valence-electron chi connectivity index (χ2n) is 7.63. The first-order chi connectivity index (χ1) is 14.9. The van der Waals surface area contributed by atoms with E-state index in [1.54, 1.807) is 0 Å². The fourth-order valence-electron chi connectivity index (χ4n) is 2.68. The van der Waals surface area contributed by atoms with E-state index >= 15 is 0 Å². The lowest BCUT2D eigenvalue weighted by Gasteiger charge is -2.36. The molecule has 0 aliphatic carbocycles. The second-order valence-corrected chi connectivity index (χ2v) is 7.63. The van der Waals surface area contributed by atoms with E-state index in [0.717, 1.165) is 57.9 Å². The van der Waals surface area contributed by atoms with Crippen LogP contribution in [-0.4, -0.2) is 36.0 Å². The first-order valence-electron chi connectivity index (χ1n) is 10.3. The number of unbranched alkanes of at least 4 members (excludes halogenated alkanes) is 9. The Kier molecular flexibility index (Phi) is 11.7. The molecule has 2 nitrogen and oxygen atoms in total. The summed E-state index contributed by atoms with van der Waals surface area (Å²) in [5, 5.41) is 0. The van der Waals surface area contributed by atoms with Gasteiger partial charge in [0.25, 0.3) is 0 Å². The van der Waals surface area contributed by atoms with E-state index in [1.165, 1.54) is 0 Å². The molecule has 0 bridgehead atoms. The summed E-state index contributed by atoms with van der Waals surface area (Å²) in [6.07, 6.45) is -4.36. The van der Waals surface area contributed by atoms with Gasteiger partial charge in [0.05, 0.1) is 0 Å². The molecule has 0 amide bonds. The molecule has 0 aromatic rings. The largest absolute Gasteiger partial charge is 0.473 e. The lowest BCUT2D eigenvalue weighted by atomic mass is 10.0. The summed E-state index contributed by atoms with van der Waals surface area (Å²) < 4.78 is 145. The average Bonchev–Trinajstić information content (AvgIpc) is 2.67. The minimum absolute atomic E-state index is 0.112. The standard InChI is InChI=1S/C20H27F11O2/c1-3-4-5-6-7-8-9-10-11-12-13-14(2)15(32)33-20(30,31)18(25,26)16(21,22)17(23,24)19(27,28)29/h13H,3-12H2,1-2H3. The van der Waals surface area contributed by atoms with Crippen LogP contribution in [0.3, 0.4) is 0 Å². The number of hydrogen-bond acceptors (Lipinski definition) is 2. The summed E-state index contributed by atoms with van der Waals surface area (Å²) in [7, 11) is 0. The van der Waals surface area contributed by atoms with Crippen molar-refractivity contribution in [2.75, 3.05) is 0 Å². The van der Waals surface area contributed by atoms with Crippen LogP contribution in [0.1, 0.15) is 78.1 Å². The fourth-order valence-corrected chi connectivity index (χ4v) is 2.68. The molecule has 0 aliphatic rings. The number of hydrogen-bond donors (Lipinski definition) is 0. The van der Waals surface area contributed by atoms with Gasteiger partial charge in [0.15, 0.2) is 0 Å². The van der Waals surface area contributed by atoms with Crippen LogP contribution < -0.4 is 0 Å². The highest BCUT2D eigenvalue weighted by atomic mass is 19.4. The van der Waals surface area contributed by atoms with Crippen LogP contribution in [0.5, 0.6) is 0 Å². The molecule has 0 atom stereocenters. The zero-order valence-corrected chi connectivity index (χ0v) is 18.1. The van der Waals surface area contributed by atoms with Crippen molar-refractivity contribution in [3.8, 4) is 0 Å². The molecule has 0 fully saturated rings. The van der Waals surface area contributed by atoms with Crippen LogP contribution in [-0.2, 0) is 9.53 Å². The van der Waals surface area contributed by atoms with E-state index in [-0.39, 0.29) is 6.42 Å². The van der Waals surface area contributed by atoms with Crippen molar-refractivity contribution < 1.29 is 57.8 Å². The number of carbonyl (C=O) groups is 1. The van der Waals surface area contributed by atoms with Gasteiger partial charge in [0.1, 0.15) is 0 Å². The third-order valence-electron chi connectivity index (χ3n) is 4.81. The monoisotopic (exact) mass is 508 g/mol. The van der Waals surface area contributed by atoms with Crippen LogP contribution in [0.2, 0.25) is 0 Å². The highest BCUT2D eigenvalue weighted by Gasteiger charge is 2.88. The zero-order valence-electron chi connectivity index (χ0n) is 18.1. The third-order valence-corrected chi connectivity index (χ3v) is 4.81. The topological polar surface area (TPSA) is 26.3 Å². The van der Waals surface area contributed by atoms with E-state index in [9.17, 15) is 53.1 Å². The molecule has 0 saturated carbocycles. The number of halogens is 11. The lowest BCUT2D eigenvalue weighted by molar-refractivity contribution is -0.449. The maximum atomic E-state index is 13.5. The molecule has 196 valence electrons. The van der Waals surface area contributed by atoms with Crippen LogP contribution in [0.15, 0.2) is 11.6 Å². The first kappa shape index (κ1) is 31.4. The quantitative estimate of drug-likeness (QED) is 0.0960. The van der Waals surface area contributed by atoms with E-state index in [4.69, 9.17) is 0 Å². The van der Waals surface area contributed by atoms with Crippen LogP contribution in [0, 0.1) is 0 Å². The molecule has 0 radical (unpaired) electrons. The molecule has 33 heavy (non-hydrogen) atoms. The zero-order chi connectivity index (χ0) is 26.1. The van der Waals surface area contributed by atoms with Crippen molar-refractivity contribution >= 4 is 5.97 Å². The summed E-state index contributed by atoms with van der Waals surface area (Å²) in [6.45, 7) is 2.90. The Bertz CT molecular complexity index is 640. The number of alkyl halides is 11. The molecular formula is C20H27F11O2. The molecule has 0 unspecified atom stereocenters. The molecule has 0 aliphatic heterocycles. The predicted octanol–water partition coefficient (Wildman–Crippen LogP) is 8.46. The Balaban J connectivity index is 4.89. The molecule has 0 heterocycles. The molecule has 0 saturated heterocycles. The van der Waals surface area contributed by atoms with Crippen molar-refractivity contribution in [3.05, 3.63) is 11.6 Å². The Morgan fingerprint density at radius 2 is 1.09 bits per heavy atom. The first-order valence-corrected chi connectivity index (χ1v) is 10.3.